The highest BCUT2D eigenvalue weighted by Crippen LogP contribution is 2.43. The van der Waals surface area contributed by atoms with Gasteiger partial charge in [0.1, 0.15) is 19.3 Å². The van der Waals surface area contributed by atoms with Crippen molar-refractivity contribution in [2.24, 2.45) is 0 Å². The highest BCUT2D eigenvalue weighted by Gasteiger charge is 2.30. The van der Waals surface area contributed by atoms with Gasteiger partial charge < -0.3 is 19.4 Å². The first-order valence-corrected chi connectivity index (χ1v) is 31.0. The molecule has 0 saturated heterocycles. The number of esters is 1. The number of amides is 1. The van der Waals surface area contributed by atoms with Gasteiger partial charge in [-0.05, 0) is 31.8 Å². The van der Waals surface area contributed by atoms with E-state index < -0.39 is 20.0 Å². The van der Waals surface area contributed by atoms with Crippen LogP contribution in [-0.2, 0) is 27.9 Å². The zero-order chi connectivity index (χ0) is 50.1. The van der Waals surface area contributed by atoms with E-state index >= 15 is 0 Å². The van der Waals surface area contributed by atoms with E-state index in [9.17, 15) is 19.0 Å². The Labute approximate surface area is 422 Å². The number of ether oxygens (including phenoxy) is 1. The molecule has 2 N–H and O–H groups in total. The van der Waals surface area contributed by atoms with Gasteiger partial charge in [-0.1, -0.05) is 264 Å². The minimum atomic E-state index is -4.43. The van der Waals surface area contributed by atoms with Crippen LogP contribution in [0, 0.1) is 0 Å². The van der Waals surface area contributed by atoms with Crippen molar-refractivity contribution in [1.29, 1.82) is 0 Å². The van der Waals surface area contributed by atoms with E-state index in [1.807, 2.05) is 33.3 Å². The Balaban J connectivity index is 5.27. The van der Waals surface area contributed by atoms with E-state index in [-0.39, 0.29) is 25.1 Å². The number of phosphoric acid groups is 1. The Morgan fingerprint density at radius 3 is 1.21 bits per heavy atom. The number of nitrogens with zero attached hydrogens (tertiary/aromatic N) is 1. The summed E-state index contributed by atoms with van der Waals surface area (Å²) in [6.45, 7) is 7.05. The monoisotopic (exact) mass is 984 g/mol. The van der Waals surface area contributed by atoms with Crippen LogP contribution in [0.3, 0.4) is 0 Å². The number of carbonyl (C=O) groups is 2. The summed E-state index contributed by atoms with van der Waals surface area (Å²) in [7, 11) is 1.52. The number of rotatable bonds is 54. The lowest BCUT2D eigenvalue weighted by molar-refractivity contribution is -0.870. The molecule has 1 amide bonds. The van der Waals surface area contributed by atoms with Crippen molar-refractivity contribution < 1.29 is 37.3 Å². The largest absolute Gasteiger partial charge is 0.472 e. The molecule has 10 heteroatoms. The Bertz CT molecular complexity index is 1180. The maximum absolute atomic E-state index is 13.5. The number of likely N-dealkylation sites (N-methyl/N-ethyl adjacent to an activating group) is 1. The lowest BCUT2D eigenvalue weighted by Gasteiger charge is -2.27. The Kier molecular flexibility index (Phi) is 48.4. The molecule has 3 unspecified atom stereocenters. The van der Waals surface area contributed by atoms with E-state index in [1.165, 1.54) is 205 Å². The van der Waals surface area contributed by atoms with Crippen LogP contribution in [0.4, 0.5) is 0 Å². The Morgan fingerprint density at radius 2 is 0.838 bits per heavy atom. The summed E-state index contributed by atoms with van der Waals surface area (Å²) in [6.07, 6.45) is 54.8. The summed E-state index contributed by atoms with van der Waals surface area (Å²) in [5, 5.41) is 3.06. The van der Waals surface area contributed by atoms with Crippen LogP contribution in [0.25, 0.3) is 0 Å². The van der Waals surface area contributed by atoms with Crippen LogP contribution in [0.15, 0.2) is 12.2 Å². The molecule has 0 bridgehead atoms. The molecule has 0 heterocycles. The van der Waals surface area contributed by atoms with Gasteiger partial charge in [-0.2, -0.15) is 0 Å². The second-order valence-electron chi connectivity index (χ2n) is 21.5. The molecule has 0 rings (SSSR count). The first kappa shape index (κ1) is 66.8. The standard InChI is InChI=1S/C58H115N2O7P/c1-7-10-13-16-19-22-25-28-29-30-31-33-35-38-41-44-47-50-57(61)59-55(54-66-68(63,64)65-53-52-60(4,5)6)56(49-46-43-40-37-34-27-24-21-18-15-12-9-3)67-58(62)51-48-45-42-39-36-32-26-23-20-17-14-11-8-2/h46,49,55-56H,7-45,47-48,50-54H2,1-6H3,(H-,59,61,63,64)/p+1/b49-46+. The lowest BCUT2D eigenvalue weighted by Crippen LogP contribution is -2.47. The number of quaternary nitrogens is 1. The van der Waals surface area contributed by atoms with Gasteiger partial charge in [-0.3, -0.25) is 18.6 Å². The lowest BCUT2D eigenvalue weighted by atomic mass is 10.0. The fraction of sp³-hybridized carbons (Fsp3) is 0.931. The van der Waals surface area contributed by atoms with E-state index in [0.717, 1.165) is 57.8 Å². The quantitative estimate of drug-likeness (QED) is 0.0205. The minimum Gasteiger partial charge on any atom is -0.456 e. The van der Waals surface area contributed by atoms with Crippen LogP contribution in [-0.4, -0.2) is 74.3 Å². The molecule has 0 saturated carbocycles. The first-order chi connectivity index (χ1) is 32.9. The van der Waals surface area contributed by atoms with E-state index in [0.29, 0.717) is 23.9 Å². The predicted molar refractivity (Wildman–Crippen MR) is 291 cm³/mol. The molecule has 0 aromatic carbocycles. The number of nitrogens with one attached hydrogen (secondary N) is 1. The summed E-state index contributed by atoms with van der Waals surface area (Å²) in [5.74, 6) is -0.487. The number of allylic oxidation sites excluding steroid dienone is 1. The molecule has 0 spiro atoms. The second-order valence-corrected chi connectivity index (χ2v) is 23.0. The van der Waals surface area contributed by atoms with Crippen LogP contribution < -0.4 is 5.32 Å². The Morgan fingerprint density at radius 1 is 0.500 bits per heavy atom. The van der Waals surface area contributed by atoms with Crippen LogP contribution in [0.2, 0.25) is 0 Å². The van der Waals surface area contributed by atoms with Gasteiger partial charge in [0.2, 0.25) is 5.91 Å². The third kappa shape index (κ3) is 49.7. The summed E-state index contributed by atoms with van der Waals surface area (Å²) in [4.78, 5) is 37.6. The highest BCUT2D eigenvalue weighted by molar-refractivity contribution is 7.47. The number of phosphoric ester groups is 1. The average molecular weight is 985 g/mol. The maximum atomic E-state index is 13.5. The van der Waals surface area contributed by atoms with Crippen molar-refractivity contribution in [3.05, 3.63) is 12.2 Å². The normalized spacial score (nSPS) is 13.8. The van der Waals surface area contributed by atoms with Crippen molar-refractivity contribution in [3.63, 3.8) is 0 Å². The number of carbonyl (C=O) groups excluding carboxylic acids is 2. The third-order valence-electron chi connectivity index (χ3n) is 13.5. The van der Waals surface area contributed by atoms with Gasteiger partial charge in [0, 0.05) is 12.8 Å². The maximum Gasteiger partial charge on any atom is 0.472 e. The van der Waals surface area contributed by atoms with Gasteiger partial charge in [-0.25, -0.2) is 4.57 Å². The molecule has 3 atom stereocenters. The summed E-state index contributed by atoms with van der Waals surface area (Å²) < 4.78 is 30.6. The Hall–Kier alpha value is -1.25. The molecule has 9 nitrogen and oxygen atoms in total. The molecular formula is C58H116N2O7P+. The summed E-state index contributed by atoms with van der Waals surface area (Å²) in [5.41, 5.74) is 0. The van der Waals surface area contributed by atoms with Gasteiger partial charge in [0.25, 0.3) is 0 Å². The van der Waals surface area contributed by atoms with Crippen molar-refractivity contribution in [1.82, 2.24) is 5.32 Å². The number of unbranched alkanes of at least 4 members (excludes halogenated alkanes) is 38. The molecule has 0 aliphatic rings. The number of hydrogen-bond donors (Lipinski definition) is 2. The van der Waals surface area contributed by atoms with Gasteiger partial charge in [0.05, 0.1) is 33.8 Å². The molecule has 0 aliphatic heterocycles. The molecule has 0 fully saturated rings. The summed E-state index contributed by atoms with van der Waals surface area (Å²) in [6, 6.07) is -0.838. The van der Waals surface area contributed by atoms with Crippen molar-refractivity contribution >= 4 is 19.7 Å². The summed E-state index contributed by atoms with van der Waals surface area (Å²) >= 11 is 0. The molecule has 404 valence electrons. The topological polar surface area (TPSA) is 111 Å². The van der Waals surface area contributed by atoms with E-state index in [2.05, 4.69) is 26.1 Å². The first-order valence-electron chi connectivity index (χ1n) is 29.5. The SMILES string of the molecule is CCCCCCCCCCCC/C=C/C(OC(=O)CCCCCCCCCCCCCCC)C(COP(=O)(O)OCC[N+](C)(C)C)NC(=O)CCCCCCCCCCCCCCCCCCC. The fourth-order valence-corrected chi connectivity index (χ4v) is 9.62. The molecule has 0 aromatic heterocycles. The second kappa shape index (κ2) is 49.3. The fourth-order valence-electron chi connectivity index (χ4n) is 8.88. The van der Waals surface area contributed by atoms with Crippen LogP contribution in [0.5, 0.6) is 0 Å². The number of hydrogen-bond acceptors (Lipinski definition) is 6. The molecule has 0 radical (unpaired) electrons. The van der Waals surface area contributed by atoms with E-state index in [4.69, 9.17) is 13.8 Å². The molecule has 68 heavy (non-hydrogen) atoms. The third-order valence-corrected chi connectivity index (χ3v) is 14.5. The predicted octanol–water partition coefficient (Wildman–Crippen LogP) is 17.6. The average Bonchev–Trinajstić information content (AvgIpc) is 3.29. The molecule has 0 aliphatic carbocycles. The molecule has 0 aromatic rings. The van der Waals surface area contributed by atoms with Crippen molar-refractivity contribution in [3.8, 4) is 0 Å². The van der Waals surface area contributed by atoms with Crippen molar-refractivity contribution in [2.75, 3.05) is 40.9 Å². The zero-order valence-corrected chi connectivity index (χ0v) is 47.0. The molecular weight excluding hydrogens is 868 g/mol. The van der Waals surface area contributed by atoms with Crippen molar-refractivity contribution in [2.45, 2.75) is 309 Å². The minimum absolute atomic E-state index is 0.0455. The van der Waals surface area contributed by atoms with E-state index in [1.54, 1.807) is 0 Å². The smallest absolute Gasteiger partial charge is 0.456 e. The van der Waals surface area contributed by atoms with Crippen LogP contribution >= 0.6 is 7.82 Å². The van der Waals surface area contributed by atoms with Gasteiger partial charge in [0.15, 0.2) is 0 Å². The zero-order valence-electron chi connectivity index (χ0n) is 46.1. The van der Waals surface area contributed by atoms with Crippen LogP contribution in [0.1, 0.15) is 297 Å². The van der Waals surface area contributed by atoms with Gasteiger partial charge in [-0.15, -0.1) is 0 Å². The highest BCUT2D eigenvalue weighted by atomic mass is 31.2. The van der Waals surface area contributed by atoms with Gasteiger partial charge >= 0.3 is 13.8 Å².